The first kappa shape index (κ1) is 15.0. The summed E-state index contributed by atoms with van der Waals surface area (Å²) in [5.41, 5.74) is 0.989. The summed E-state index contributed by atoms with van der Waals surface area (Å²) in [6.45, 7) is 6.87. The molecular weight excluding hydrogens is 229 g/mol. The first-order valence-corrected chi connectivity index (χ1v) is 6.83. The molecule has 0 aliphatic rings. The minimum Gasteiger partial charge on any atom is -0.493 e. The smallest absolute Gasteiger partial charge is 0.126 e. The molecule has 0 unspecified atom stereocenters. The van der Waals surface area contributed by atoms with Gasteiger partial charge in [0.25, 0.3) is 0 Å². The van der Waals surface area contributed by atoms with E-state index in [2.05, 4.69) is 12.2 Å². The number of benzene rings is 1. The van der Waals surface area contributed by atoms with E-state index in [0.29, 0.717) is 12.4 Å². The molecule has 1 aromatic carbocycles. The van der Waals surface area contributed by atoms with Gasteiger partial charge in [-0.1, -0.05) is 25.8 Å². The van der Waals surface area contributed by atoms with Crippen molar-refractivity contribution in [1.82, 2.24) is 5.32 Å². The highest BCUT2D eigenvalue weighted by molar-refractivity contribution is 5.32. The summed E-state index contributed by atoms with van der Waals surface area (Å²) in [6, 6.07) is 4.67. The summed E-state index contributed by atoms with van der Waals surface area (Å²) in [4.78, 5) is 0. The second-order valence-corrected chi connectivity index (χ2v) is 4.53. The molecule has 0 bridgehead atoms. The molecule has 0 radical (unpaired) electrons. The fourth-order valence-electron chi connectivity index (χ4n) is 1.79. The molecule has 2 nitrogen and oxygen atoms in total. The van der Waals surface area contributed by atoms with Crippen LogP contribution in [0.15, 0.2) is 18.2 Å². The molecule has 0 aromatic heterocycles. The van der Waals surface area contributed by atoms with Crippen molar-refractivity contribution in [3.8, 4) is 5.75 Å². The van der Waals surface area contributed by atoms with Gasteiger partial charge in [-0.05, 0) is 44.5 Å². The van der Waals surface area contributed by atoms with Crippen LogP contribution < -0.4 is 10.1 Å². The molecule has 3 heteroatoms. The average Bonchev–Trinajstić information content (AvgIpc) is 2.36. The summed E-state index contributed by atoms with van der Waals surface area (Å²) in [6.07, 6.45) is 4.63. The monoisotopic (exact) mass is 253 g/mol. The number of unbranched alkanes of at least 4 members (excludes halogenated alkanes) is 3. The SMILES string of the molecule is CCNCCCCCCOc1cc(F)ccc1C. The Hall–Kier alpha value is -1.09. The van der Waals surface area contributed by atoms with Crippen LogP contribution >= 0.6 is 0 Å². The average molecular weight is 253 g/mol. The molecule has 1 aromatic rings. The number of aryl methyl sites for hydroxylation is 1. The van der Waals surface area contributed by atoms with E-state index >= 15 is 0 Å². The predicted molar refractivity (Wildman–Crippen MR) is 73.6 cm³/mol. The third kappa shape index (κ3) is 6.01. The largest absolute Gasteiger partial charge is 0.493 e. The summed E-state index contributed by atoms with van der Waals surface area (Å²) in [5.74, 6) is 0.434. The number of halogens is 1. The summed E-state index contributed by atoms with van der Waals surface area (Å²) in [7, 11) is 0. The minimum absolute atomic E-state index is 0.235. The maximum absolute atomic E-state index is 13.0. The topological polar surface area (TPSA) is 21.3 Å². The van der Waals surface area contributed by atoms with Gasteiger partial charge in [0.05, 0.1) is 6.61 Å². The van der Waals surface area contributed by atoms with Gasteiger partial charge in [-0.2, -0.15) is 0 Å². The molecule has 102 valence electrons. The Morgan fingerprint density at radius 2 is 1.94 bits per heavy atom. The van der Waals surface area contributed by atoms with Crippen molar-refractivity contribution in [2.45, 2.75) is 39.5 Å². The molecule has 0 aliphatic carbocycles. The van der Waals surface area contributed by atoms with Crippen molar-refractivity contribution in [3.63, 3.8) is 0 Å². The van der Waals surface area contributed by atoms with E-state index in [0.717, 1.165) is 25.1 Å². The molecule has 0 spiro atoms. The quantitative estimate of drug-likeness (QED) is 0.678. The number of rotatable bonds is 9. The van der Waals surface area contributed by atoms with Gasteiger partial charge in [0.1, 0.15) is 11.6 Å². The zero-order chi connectivity index (χ0) is 13.2. The fourth-order valence-corrected chi connectivity index (χ4v) is 1.79. The Kier molecular flexibility index (Phi) is 7.42. The lowest BCUT2D eigenvalue weighted by molar-refractivity contribution is 0.301. The maximum atomic E-state index is 13.0. The maximum Gasteiger partial charge on any atom is 0.126 e. The Labute approximate surface area is 110 Å². The first-order chi connectivity index (χ1) is 8.74. The van der Waals surface area contributed by atoms with Crippen LogP contribution in [-0.4, -0.2) is 19.7 Å². The van der Waals surface area contributed by atoms with Crippen molar-refractivity contribution in [1.29, 1.82) is 0 Å². The zero-order valence-electron chi connectivity index (χ0n) is 11.5. The van der Waals surface area contributed by atoms with Crippen LogP contribution in [0.4, 0.5) is 4.39 Å². The minimum atomic E-state index is -0.235. The highest BCUT2D eigenvalue weighted by Gasteiger charge is 2.01. The van der Waals surface area contributed by atoms with Crippen LogP contribution in [0.3, 0.4) is 0 Å². The van der Waals surface area contributed by atoms with Gasteiger partial charge >= 0.3 is 0 Å². The molecule has 1 rings (SSSR count). The van der Waals surface area contributed by atoms with Gasteiger partial charge in [0, 0.05) is 6.07 Å². The highest BCUT2D eigenvalue weighted by Crippen LogP contribution is 2.19. The molecule has 1 N–H and O–H groups in total. The molecule has 0 atom stereocenters. The lowest BCUT2D eigenvalue weighted by Crippen LogP contribution is -2.13. The van der Waals surface area contributed by atoms with E-state index in [1.807, 2.05) is 6.92 Å². The van der Waals surface area contributed by atoms with Crippen molar-refractivity contribution >= 4 is 0 Å². The van der Waals surface area contributed by atoms with Crippen LogP contribution in [0.25, 0.3) is 0 Å². The number of hydrogen-bond donors (Lipinski definition) is 1. The Balaban J connectivity index is 2.09. The van der Waals surface area contributed by atoms with Crippen molar-refractivity contribution in [3.05, 3.63) is 29.6 Å². The van der Waals surface area contributed by atoms with Gasteiger partial charge in [-0.15, -0.1) is 0 Å². The molecule has 0 fully saturated rings. The number of hydrogen-bond acceptors (Lipinski definition) is 2. The van der Waals surface area contributed by atoms with E-state index < -0.39 is 0 Å². The predicted octanol–water partition coefficient (Wildman–Crippen LogP) is 3.68. The standard InChI is InChI=1S/C15H24FNO/c1-3-17-10-6-4-5-7-11-18-15-12-14(16)9-8-13(15)2/h8-9,12,17H,3-7,10-11H2,1-2H3. The van der Waals surface area contributed by atoms with Crippen LogP contribution in [0, 0.1) is 12.7 Å². The van der Waals surface area contributed by atoms with Gasteiger partial charge < -0.3 is 10.1 Å². The molecule has 0 amide bonds. The first-order valence-electron chi connectivity index (χ1n) is 6.83. The third-order valence-corrected chi connectivity index (χ3v) is 2.91. The Morgan fingerprint density at radius 1 is 1.17 bits per heavy atom. The zero-order valence-corrected chi connectivity index (χ0v) is 11.5. The fraction of sp³-hybridized carbons (Fsp3) is 0.600. The summed E-state index contributed by atoms with van der Waals surface area (Å²) in [5, 5.41) is 3.31. The summed E-state index contributed by atoms with van der Waals surface area (Å²) >= 11 is 0. The normalized spacial score (nSPS) is 10.6. The van der Waals surface area contributed by atoms with Gasteiger partial charge in [-0.25, -0.2) is 4.39 Å². The van der Waals surface area contributed by atoms with E-state index in [4.69, 9.17) is 4.74 Å². The number of nitrogens with one attached hydrogen (secondary N) is 1. The second kappa shape index (κ2) is 8.92. The van der Waals surface area contributed by atoms with Gasteiger partial charge in [0.2, 0.25) is 0 Å². The number of ether oxygens (including phenoxy) is 1. The lowest BCUT2D eigenvalue weighted by Gasteiger charge is -2.09. The third-order valence-electron chi connectivity index (χ3n) is 2.91. The Morgan fingerprint density at radius 3 is 2.72 bits per heavy atom. The van der Waals surface area contributed by atoms with E-state index in [-0.39, 0.29) is 5.82 Å². The van der Waals surface area contributed by atoms with Crippen LogP contribution in [0.5, 0.6) is 5.75 Å². The van der Waals surface area contributed by atoms with Crippen LogP contribution in [-0.2, 0) is 0 Å². The van der Waals surface area contributed by atoms with Crippen molar-refractivity contribution < 1.29 is 9.13 Å². The van der Waals surface area contributed by atoms with E-state index in [9.17, 15) is 4.39 Å². The second-order valence-electron chi connectivity index (χ2n) is 4.53. The molecular formula is C15H24FNO. The van der Waals surface area contributed by atoms with Gasteiger partial charge in [-0.3, -0.25) is 0 Å². The van der Waals surface area contributed by atoms with Gasteiger partial charge in [0.15, 0.2) is 0 Å². The van der Waals surface area contributed by atoms with Crippen molar-refractivity contribution in [2.24, 2.45) is 0 Å². The molecule has 0 aliphatic heterocycles. The molecule has 0 heterocycles. The lowest BCUT2D eigenvalue weighted by atomic mass is 10.2. The van der Waals surface area contributed by atoms with E-state index in [1.165, 1.54) is 31.4 Å². The summed E-state index contributed by atoms with van der Waals surface area (Å²) < 4.78 is 18.6. The van der Waals surface area contributed by atoms with E-state index in [1.54, 1.807) is 6.07 Å². The Bertz CT molecular complexity index is 341. The molecule has 0 saturated carbocycles. The molecule has 0 saturated heterocycles. The van der Waals surface area contributed by atoms with Crippen LogP contribution in [0.2, 0.25) is 0 Å². The molecule has 18 heavy (non-hydrogen) atoms. The highest BCUT2D eigenvalue weighted by atomic mass is 19.1. The van der Waals surface area contributed by atoms with Crippen molar-refractivity contribution in [2.75, 3.05) is 19.7 Å². The van der Waals surface area contributed by atoms with Crippen LogP contribution in [0.1, 0.15) is 38.2 Å².